The Bertz CT molecular complexity index is 455. The summed E-state index contributed by atoms with van der Waals surface area (Å²) in [4.78, 5) is 14.0. The van der Waals surface area contributed by atoms with E-state index in [0.29, 0.717) is 25.3 Å². The van der Waals surface area contributed by atoms with Gasteiger partial charge in [0.15, 0.2) is 0 Å². The predicted octanol–water partition coefficient (Wildman–Crippen LogP) is 1.09. The molecule has 0 bridgehead atoms. The van der Waals surface area contributed by atoms with E-state index in [1.807, 2.05) is 0 Å². The van der Waals surface area contributed by atoms with Gasteiger partial charge < -0.3 is 4.90 Å². The largest absolute Gasteiger partial charge is 0.341 e. The van der Waals surface area contributed by atoms with Gasteiger partial charge in [-0.3, -0.25) is 4.79 Å². The molecule has 1 unspecified atom stereocenters. The summed E-state index contributed by atoms with van der Waals surface area (Å²) in [7, 11) is -3.53. The van der Waals surface area contributed by atoms with Crippen LogP contribution in [-0.4, -0.2) is 37.6 Å². The van der Waals surface area contributed by atoms with Gasteiger partial charge in [0.05, 0.1) is 5.25 Å². The van der Waals surface area contributed by atoms with E-state index in [1.54, 1.807) is 4.90 Å². The van der Waals surface area contributed by atoms with Crippen LogP contribution in [0.2, 0.25) is 0 Å². The van der Waals surface area contributed by atoms with Crippen molar-refractivity contribution >= 4 is 15.9 Å². The Morgan fingerprint density at radius 3 is 2.47 bits per heavy atom. The van der Waals surface area contributed by atoms with Crippen molar-refractivity contribution in [2.75, 3.05) is 13.1 Å². The molecule has 5 nitrogen and oxygen atoms in total. The van der Waals surface area contributed by atoms with E-state index in [1.165, 1.54) is 12.8 Å². The van der Waals surface area contributed by atoms with Gasteiger partial charge in [-0.25, -0.2) is 13.6 Å². The second-order valence-electron chi connectivity index (χ2n) is 6.63. The van der Waals surface area contributed by atoms with Crippen molar-refractivity contribution in [3.63, 3.8) is 0 Å². The van der Waals surface area contributed by atoms with Crippen molar-refractivity contribution in [2.24, 2.45) is 16.5 Å². The minimum absolute atomic E-state index is 0.0333. The molecule has 1 saturated heterocycles. The van der Waals surface area contributed by atoms with E-state index < -0.39 is 15.3 Å². The number of nitrogens with two attached hydrogens (primary N) is 1. The van der Waals surface area contributed by atoms with Crippen LogP contribution in [0.5, 0.6) is 0 Å². The summed E-state index contributed by atoms with van der Waals surface area (Å²) >= 11 is 0. The molecular weight excluding hydrogens is 264 g/mol. The Balaban J connectivity index is 1.95. The Kier molecular flexibility index (Phi) is 3.93. The fraction of sp³-hybridized carbons (Fsp3) is 0.923. The number of primary sulfonamides is 1. The van der Waals surface area contributed by atoms with Crippen LogP contribution < -0.4 is 5.14 Å². The normalized spacial score (nSPS) is 25.4. The molecule has 6 heteroatoms. The van der Waals surface area contributed by atoms with Crippen LogP contribution in [0.25, 0.3) is 0 Å². The molecule has 110 valence electrons. The zero-order valence-electron chi connectivity index (χ0n) is 11.8. The molecule has 0 radical (unpaired) electrons. The Morgan fingerprint density at radius 1 is 1.32 bits per heavy atom. The number of carbonyl (C=O) groups is 1. The Morgan fingerprint density at radius 2 is 1.95 bits per heavy atom. The second kappa shape index (κ2) is 5.05. The molecule has 0 aromatic heterocycles. The quantitative estimate of drug-likeness (QED) is 0.841. The van der Waals surface area contributed by atoms with Crippen molar-refractivity contribution in [1.29, 1.82) is 0 Å². The first-order chi connectivity index (χ1) is 8.70. The Labute approximate surface area is 115 Å². The molecule has 2 rings (SSSR count). The second-order valence-corrected chi connectivity index (χ2v) is 8.48. The minimum Gasteiger partial charge on any atom is -0.341 e. The first-order valence-electron chi connectivity index (χ1n) is 6.99. The van der Waals surface area contributed by atoms with Crippen LogP contribution in [0.4, 0.5) is 0 Å². The fourth-order valence-electron chi connectivity index (χ4n) is 2.94. The lowest BCUT2D eigenvalue weighted by atomic mass is 9.83. The lowest BCUT2D eigenvalue weighted by molar-refractivity contribution is -0.134. The number of hydrogen-bond donors (Lipinski definition) is 1. The fourth-order valence-corrected chi connectivity index (χ4v) is 3.83. The van der Waals surface area contributed by atoms with Gasteiger partial charge in [-0.15, -0.1) is 0 Å². The minimum atomic E-state index is -3.53. The highest BCUT2D eigenvalue weighted by molar-refractivity contribution is 7.89. The van der Waals surface area contributed by atoms with Gasteiger partial charge in [0, 0.05) is 19.5 Å². The Hall–Kier alpha value is -0.620. The lowest BCUT2D eigenvalue weighted by Gasteiger charge is -2.34. The van der Waals surface area contributed by atoms with Crippen LogP contribution in [0, 0.1) is 11.3 Å². The van der Waals surface area contributed by atoms with Crippen LogP contribution in [-0.2, 0) is 14.8 Å². The van der Waals surface area contributed by atoms with Crippen molar-refractivity contribution in [3.8, 4) is 0 Å². The van der Waals surface area contributed by atoms with E-state index in [2.05, 4.69) is 13.8 Å². The number of amides is 1. The molecule has 1 aliphatic heterocycles. The molecule has 0 aromatic rings. The van der Waals surface area contributed by atoms with E-state index in [0.717, 1.165) is 6.42 Å². The zero-order chi connectivity index (χ0) is 14.3. The maximum absolute atomic E-state index is 12.3. The molecule has 2 fully saturated rings. The van der Waals surface area contributed by atoms with Gasteiger partial charge in [-0.2, -0.15) is 0 Å². The van der Waals surface area contributed by atoms with Crippen LogP contribution >= 0.6 is 0 Å². The van der Waals surface area contributed by atoms with Gasteiger partial charge >= 0.3 is 0 Å². The van der Waals surface area contributed by atoms with Gasteiger partial charge in [0.1, 0.15) is 0 Å². The summed E-state index contributed by atoms with van der Waals surface area (Å²) in [6.45, 7) is 5.18. The smallest absolute Gasteiger partial charge is 0.223 e. The SMILES string of the molecule is CC(C)(CC(=O)N1CCCC(S(N)(=O)=O)C1)C1CC1. The molecule has 1 saturated carbocycles. The third-order valence-electron chi connectivity index (χ3n) is 4.48. The van der Waals surface area contributed by atoms with E-state index in [4.69, 9.17) is 5.14 Å². The summed E-state index contributed by atoms with van der Waals surface area (Å²) in [5, 5.41) is 4.60. The first kappa shape index (κ1) is 14.8. The van der Waals surface area contributed by atoms with Crippen LogP contribution in [0.15, 0.2) is 0 Å². The molecular formula is C13H24N2O3S. The summed E-state index contributed by atoms with van der Waals surface area (Å²) in [5.74, 6) is 0.723. The van der Waals surface area contributed by atoms with E-state index >= 15 is 0 Å². The molecule has 0 spiro atoms. The lowest BCUT2D eigenvalue weighted by Crippen LogP contribution is -2.47. The summed E-state index contributed by atoms with van der Waals surface area (Å²) in [6.07, 6.45) is 4.21. The summed E-state index contributed by atoms with van der Waals surface area (Å²) in [6, 6.07) is 0. The molecule has 1 atom stereocenters. The number of sulfonamides is 1. The summed E-state index contributed by atoms with van der Waals surface area (Å²) in [5.41, 5.74) is 0.0333. The molecule has 1 heterocycles. The van der Waals surface area contributed by atoms with Crippen molar-refractivity contribution in [3.05, 3.63) is 0 Å². The molecule has 19 heavy (non-hydrogen) atoms. The standard InChI is InChI=1S/C13H24N2O3S/c1-13(2,10-5-6-10)8-12(16)15-7-3-4-11(9-15)19(14,17)18/h10-11H,3-9H2,1-2H3,(H2,14,17,18). The third-order valence-corrected chi connectivity index (χ3v) is 5.80. The molecule has 1 amide bonds. The maximum Gasteiger partial charge on any atom is 0.223 e. The maximum atomic E-state index is 12.3. The van der Waals surface area contributed by atoms with Crippen LogP contribution in [0.1, 0.15) is 46.0 Å². The molecule has 1 aliphatic carbocycles. The third kappa shape index (κ3) is 3.69. The number of nitrogens with zero attached hydrogens (tertiary/aromatic N) is 1. The molecule has 0 aromatic carbocycles. The number of hydrogen-bond acceptors (Lipinski definition) is 3. The first-order valence-corrected chi connectivity index (χ1v) is 8.60. The predicted molar refractivity (Wildman–Crippen MR) is 73.8 cm³/mol. The van der Waals surface area contributed by atoms with E-state index in [-0.39, 0.29) is 17.9 Å². The topological polar surface area (TPSA) is 80.5 Å². The van der Waals surface area contributed by atoms with Gasteiger partial charge in [0.25, 0.3) is 0 Å². The van der Waals surface area contributed by atoms with E-state index in [9.17, 15) is 13.2 Å². The van der Waals surface area contributed by atoms with Crippen molar-refractivity contribution in [2.45, 2.75) is 51.2 Å². The number of piperidine rings is 1. The monoisotopic (exact) mass is 288 g/mol. The van der Waals surface area contributed by atoms with Gasteiger partial charge in [-0.1, -0.05) is 13.8 Å². The van der Waals surface area contributed by atoms with Crippen molar-refractivity contribution < 1.29 is 13.2 Å². The van der Waals surface area contributed by atoms with Crippen molar-refractivity contribution in [1.82, 2.24) is 4.90 Å². The number of rotatable bonds is 4. The number of likely N-dealkylation sites (tertiary alicyclic amines) is 1. The highest BCUT2D eigenvalue weighted by Crippen LogP contribution is 2.47. The zero-order valence-corrected chi connectivity index (χ0v) is 12.6. The number of carbonyl (C=O) groups excluding carboxylic acids is 1. The molecule has 2 N–H and O–H groups in total. The van der Waals surface area contributed by atoms with Gasteiger partial charge in [-0.05, 0) is 37.0 Å². The highest BCUT2D eigenvalue weighted by atomic mass is 32.2. The van der Waals surface area contributed by atoms with Crippen LogP contribution in [0.3, 0.4) is 0 Å². The summed E-state index contributed by atoms with van der Waals surface area (Å²) < 4.78 is 22.8. The molecule has 2 aliphatic rings. The van der Waals surface area contributed by atoms with Gasteiger partial charge in [0.2, 0.25) is 15.9 Å². The average Bonchev–Trinajstić information content (AvgIpc) is 3.11. The average molecular weight is 288 g/mol. The highest BCUT2D eigenvalue weighted by Gasteiger charge is 2.40.